The van der Waals surface area contributed by atoms with Gasteiger partial charge in [0.1, 0.15) is 21.9 Å². The molecule has 3 heteroatoms. The Morgan fingerprint density at radius 3 is 1.62 bits per heavy atom. The second-order valence-electron chi connectivity index (χ2n) is 12.6. The minimum Gasteiger partial charge on any atom is -0.494 e. The van der Waals surface area contributed by atoms with Crippen LogP contribution in [0.5, 0.6) is 5.75 Å². The molecule has 0 spiro atoms. The van der Waals surface area contributed by atoms with Crippen LogP contribution in [0, 0.1) is 34.8 Å². The molecule has 0 N–H and O–H groups in total. The molecule has 2 rings (SSSR count). The summed E-state index contributed by atoms with van der Waals surface area (Å²) in [6, 6.07) is 14.5. The van der Waals surface area contributed by atoms with Crippen molar-refractivity contribution in [2.75, 3.05) is 6.61 Å². The molecule has 1 nitrogen and oxygen atoms in total. The summed E-state index contributed by atoms with van der Waals surface area (Å²) in [6.45, 7) is 23.9. The Labute approximate surface area is 242 Å². The first-order chi connectivity index (χ1) is 18.4. The van der Waals surface area contributed by atoms with Crippen LogP contribution in [-0.4, -0.2) is 22.8 Å². The van der Waals surface area contributed by atoms with E-state index >= 15 is 0 Å². The van der Waals surface area contributed by atoms with Gasteiger partial charge in [0.15, 0.2) is 0 Å². The monoisotopic (exact) mass is 554 g/mol. The maximum atomic E-state index is 6.19. The Hall–Kier alpha value is -2.65. The number of benzene rings is 2. The lowest BCUT2D eigenvalue weighted by Crippen LogP contribution is -2.43. The highest BCUT2D eigenvalue weighted by Gasteiger charge is 2.41. The molecule has 0 amide bonds. The fourth-order valence-corrected chi connectivity index (χ4v) is 10.9. The molecule has 0 aliphatic rings. The van der Waals surface area contributed by atoms with Gasteiger partial charge in [-0.3, -0.25) is 0 Å². The van der Waals surface area contributed by atoms with Crippen LogP contribution < -0.4 is 4.74 Å². The molecule has 0 fully saturated rings. The van der Waals surface area contributed by atoms with Crippen LogP contribution in [-0.2, 0) is 0 Å². The third kappa shape index (κ3) is 10.4. The van der Waals surface area contributed by atoms with Crippen LogP contribution in [0.1, 0.15) is 96.4 Å². The molecule has 0 saturated heterocycles. The molecule has 208 valence electrons. The Kier molecular flexibility index (Phi) is 12.7. The molecule has 0 unspecified atom stereocenters. The van der Waals surface area contributed by atoms with Crippen LogP contribution in [0.4, 0.5) is 0 Å². The van der Waals surface area contributed by atoms with Gasteiger partial charge < -0.3 is 4.74 Å². The maximum Gasteiger partial charge on any atom is 0.146 e. The molecule has 39 heavy (non-hydrogen) atoms. The van der Waals surface area contributed by atoms with E-state index in [-0.39, 0.29) is 0 Å². The van der Waals surface area contributed by atoms with E-state index in [4.69, 9.17) is 4.74 Å². The fraction of sp³-hybridized carbons (Fsp3) is 0.500. The van der Waals surface area contributed by atoms with Crippen molar-refractivity contribution < 1.29 is 4.74 Å². The summed E-state index contributed by atoms with van der Waals surface area (Å²) in [4.78, 5) is 0. The van der Waals surface area contributed by atoms with Crippen molar-refractivity contribution in [3.63, 3.8) is 0 Å². The van der Waals surface area contributed by atoms with Crippen molar-refractivity contribution in [3.8, 4) is 40.5 Å². The average Bonchev–Trinajstić information content (AvgIpc) is 2.86. The molecule has 0 radical (unpaired) electrons. The highest BCUT2D eigenvalue weighted by atomic mass is 28.3. The quantitative estimate of drug-likeness (QED) is 0.170. The molecule has 0 aliphatic carbocycles. The average molecular weight is 555 g/mol. The van der Waals surface area contributed by atoms with Gasteiger partial charge in [0.2, 0.25) is 0 Å². The Morgan fingerprint density at radius 1 is 0.615 bits per heavy atom. The van der Waals surface area contributed by atoms with Crippen molar-refractivity contribution in [1.29, 1.82) is 0 Å². The summed E-state index contributed by atoms with van der Waals surface area (Å²) in [5.41, 5.74) is 13.1. The first-order valence-electron chi connectivity index (χ1n) is 14.8. The van der Waals surface area contributed by atoms with E-state index in [1.807, 2.05) is 0 Å². The lowest BCUT2D eigenvalue weighted by Gasteiger charge is -2.38. The maximum absolute atomic E-state index is 6.19. The Bertz CT molecular complexity index is 1220. The first-order valence-corrected chi connectivity index (χ1v) is 20.6. The zero-order valence-electron chi connectivity index (χ0n) is 26.2. The number of rotatable bonds is 9. The third-order valence-corrected chi connectivity index (χ3v) is 14.4. The van der Waals surface area contributed by atoms with E-state index in [0.29, 0.717) is 16.6 Å². The van der Waals surface area contributed by atoms with Crippen molar-refractivity contribution in [1.82, 2.24) is 0 Å². The Balaban J connectivity index is 2.42. The summed E-state index contributed by atoms with van der Waals surface area (Å²) in [5, 5.41) is 0. The second kappa shape index (κ2) is 15.2. The molecule has 2 aromatic rings. The topological polar surface area (TPSA) is 9.23 Å². The van der Waals surface area contributed by atoms with Crippen molar-refractivity contribution in [3.05, 3.63) is 64.7 Å². The largest absolute Gasteiger partial charge is 0.494 e. The van der Waals surface area contributed by atoms with Gasteiger partial charge in [-0.15, -0.1) is 11.1 Å². The zero-order chi connectivity index (χ0) is 29.1. The van der Waals surface area contributed by atoms with E-state index in [1.165, 1.54) is 19.3 Å². The van der Waals surface area contributed by atoms with Gasteiger partial charge in [0, 0.05) is 22.3 Å². The summed E-state index contributed by atoms with van der Waals surface area (Å²) in [7, 11) is -3.22. The lowest BCUT2D eigenvalue weighted by atomic mass is 10.1. The van der Waals surface area contributed by atoms with Gasteiger partial charge in [-0.05, 0) is 65.5 Å². The second-order valence-corrected chi connectivity index (χ2v) is 23.0. The minimum atomic E-state index is -1.83. The van der Waals surface area contributed by atoms with Gasteiger partial charge in [-0.25, -0.2) is 0 Å². The predicted molar refractivity (Wildman–Crippen MR) is 177 cm³/mol. The normalized spacial score (nSPS) is 11.4. The van der Waals surface area contributed by atoms with E-state index < -0.39 is 16.1 Å². The highest BCUT2D eigenvalue weighted by Crippen LogP contribution is 2.40. The molecule has 2 aromatic carbocycles. The SMILES string of the molecule is CCCCCCOc1cc(C#Cc2ccc(C#C[Si](C)(C)C)cc2)cc(C#C[Si](C(C)C)(C(C)C)C(C)C)c1. The molecule has 0 aromatic heterocycles. The summed E-state index contributed by atoms with van der Waals surface area (Å²) < 4.78 is 6.19. The summed E-state index contributed by atoms with van der Waals surface area (Å²) in [5.74, 6) is 14.5. The van der Waals surface area contributed by atoms with Gasteiger partial charge in [-0.2, -0.15) is 0 Å². The lowest BCUT2D eigenvalue weighted by molar-refractivity contribution is 0.305. The molecule has 0 aliphatic heterocycles. The van der Waals surface area contributed by atoms with E-state index in [2.05, 4.69) is 145 Å². The number of ether oxygens (including phenoxy) is 1. The van der Waals surface area contributed by atoms with Crippen molar-refractivity contribution >= 4 is 16.1 Å². The van der Waals surface area contributed by atoms with E-state index in [0.717, 1.165) is 41.0 Å². The van der Waals surface area contributed by atoms with Crippen LogP contribution >= 0.6 is 0 Å². The first kappa shape index (κ1) is 32.6. The molecular formula is C36H50OSi2. The number of hydrogen-bond acceptors (Lipinski definition) is 1. The highest BCUT2D eigenvalue weighted by molar-refractivity contribution is 6.90. The fourth-order valence-electron chi connectivity index (χ4n) is 5.20. The predicted octanol–water partition coefficient (Wildman–Crippen LogP) is 9.84. The summed E-state index contributed by atoms with van der Waals surface area (Å²) in [6.07, 6.45) is 4.75. The van der Waals surface area contributed by atoms with Gasteiger partial charge in [0.25, 0.3) is 0 Å². The number of hydrogen-bond donors (Lipinski definition) is 0. The van der Waals surface area contributed by atoms with Crippen LogP contribution in [0.2, 0.25) is 36.3 Å². The van der Waals surface area contributed by atoms with Crippen molar-refractivity contribution in [2.24, 2.45) is 0 Å². The number of unbranched alkanes of at least 4 members (excludes halogenated alkanes) is 3. The molecule has 0 heterocycles. The molecular weight excluding hydrogens is 505 g/mol. The van der Waals surface area contributed by atoms with E-state index in [9.17, 15) is 0 Å². The van der Waals surface area contributed by atoms with Crippen molar-refractivity contribution in [2.45, 2.75) is 110 Å². The van der Waals surface area contributed by atoms with Crippen LogP contribution in [0.15, 0.2) is 42.5 Å². The smallest absolute Gasteiger partial charge is 0.146 e. The molecule has 0 atom stereocenters. The summed E-state index contributed by atoms with van der Waals surface area (Å²) >= 11 is 0. The van der Waals surface area contributed by atoms with Gasteiger partial charge in [0.05, 0.1) is 6.61 Å². The third-order valence-electron chi connectivity index (χ3n) is 7.28. The zero-order valence-corrected chi connectivity index (χ0v) is 28.2. The Morgan fingerprint density at radius 2 is 1.10 bits per heavy atom. The molecule has 0 saturated carbocycles. The van der Waals surface area contributed by atoms with Gasteiger partial charge >= 0.3 is 0 Å². The van der Waals surface area contributed by atoms with E-state index in [1.54, 1.807) is 0 Å². The minimum absolute atomic E-state index is 0.598. The standard InChI is InChI=1S/C36H50OSi2/c1-11-12-13-14-23-37-36-27-34(20-19-32-15-17-33(18-16-32)21-24-38(8,9)10)26-35(28-36)22-25-39(29(2)3,30(4)5)31(6)7/h15-18,26-31H,11-14,23H2,1-10H3. The van der Waals surface area contributed by atoms with Gasteiger partial charge in [-0.1, -0.05) is 111 Å². The van der Waals surface area contributed by atoms with Crippen LogP contribution in [0.3, 0.4) is 0 Å². The van der Waals surface area contributed by atoms with Crippen LogP contribution in [0.25, 0.3) is 0 Å². The molecule has 0 bridgehead atoms.